The average Bonchev–Trinajstić information content (AvgIpc) is 2.90. The molecular weight excluding hydrogens is 323 g/mol. The monoisotopic (exact) mass is 341 g/mol. The third kappa shape index (κ3) is 4.14. The van der Waals surface area contributed by atoms with E-state index in [1.54, 1.807) is 38.4 Å². The van der Waals surface area contributed by atoms with Crippen LogP contribution in [0.15, 0.2) is 30.5 Å². The second kappa shape index (κ2) is 7.04. The third-order valence-corrected chi connectivity index (χ3v) is 3.44. The van der Waals surface area contributed by atoms with E-state index in [0.29, 0.717) is 5.56 Å². The molecule has 130 valence electrons. The van der Waals surface area contributed by atoms with Crippen molar-refractivity contribution in [3.05, 3.63) is 52.8 Å². The summed E-state index contributed by atoms with van der Waals surface area (Å²) in [6.45, 7) is -0.235. The molecule has 0 bridgehead atoms. The summed E-state index contributed by atoms with van der Waals surface area (Å²) < 4.78 is 40.0. The predicted molar refractivity (Wildman–Crippen MR) is 81.6 cm³/mol. The van der Waals surface area contributed by atoms with E-state index in [9.17, 15) is 18.0 Å². The average molecular weight is 341 g/mol. The number of aromatic nitrogens is 2. The molecular formula is C16H18F3N3O2. The Balaban J connectivity index is 2.20. The molecule has 0 unspecified atom stereocenters. The molecule has 0 fully saturated rings. The Morgan fingerprint density at radius 2 is 1.88 bits per heavy atom. The van der Waals surface area contributed by atoms with Crippen LogP contribution in [-0.4, -0.2) is 46.4 Å². The van der Waals surface area contributed by atoms with Crippen molar-refractivity contribution in [1.29, 1.82) is 0 Å². The van der Waals surface area contributed by atoms with Gasteiger partial charge >= 0.3 is 6.18 Å². The Morgan fingerprint density at radius 1 is 1.25 bits per heavy atom. The van der Waals surface area contributed by atoms with Gasteiger partial charge in [-0.25, -0.2) is 0 Å². The zero-order valence-corrected chi connectivity index (χ0v) is 13.3. The summed E-state index contributed by atoms with van der Waals surface area (Å²) in [5.74, 6) is -0.148. The Labute approximate surface area is 137 Å². The maximum absolute atomic E-state index is 12.9. The summed E-state index contributed by atoms with van der Waals surface area (Å²) in [5.41, 5.74) is 0.207. The summed E-state index contributed by atoms with van der Waals surface area (Å²) >= 11 is 0. The molecule has 0 aliphatic heterocycles. The van der Waals surface area contributed by atoms with E-state index in [1.807, 2.05) is 0 Å². The Hall–Kier alpha value is -2.35. The molecule has 0 spiro atoms. The number of amides is 1. The molecule has 8 heteroatoms. The molecule has 2 aromatic rings. The van der Waals surface area contributed by atoms with Crippen LogP contribution in [0, 0.1) is 0 Å². The standard InChI is InChI=1S/C16H18F3N3O2/c1-21(2)15(24)12-5-3-11(4-6-12)9-22-10-13(7-8-23)14(20-22)16(17,18)19/h3-6,10,23H,7-9H2,1-2H3. The van der Waals surface area contributed by atoms with Crippen LogP contribution < -0.4 is 0 Å². The highest BCUT2D eigenvalue weighted by atomic mass is 19.4. The number of alkyl halides is 3. The number of aliphatic hydroxyl groups is 1. The zero-order chi connectivity index (χ0) is 17.9. The molecule has 2 rings (SSSR count). The van der Waals surface area contributed by atoms with Crippen molar-refractivity contribution < 1.29 is 23.1 Å². The van der Waals surface area contributed by atoms with Crippen LogP contribution in [-0.2, 0) is 19.1 Å². The number of halogens is 3. The second-order valence-electron chi connectivity index (χ2n) is 5.57. The molecule has 1 heterocycles. The highest BCUT2D eigenvalue weighted by Crippen LogP contribution is 2.31. The third-order valence-electron chi connectivity index (χ3n) is 3.44. The number of nitrogens with zero attached hydrogens (tertiary/aromatic N) is 3. The largest absolute Gasteiger partial charge is 0.435 e. The van der Waals surface area contributed by atoms with Crippen LogP contribution in [0.5, 0.6) is 0 Å². The van der Waals surface area contributed by atoms with Crippen molar-refractivity contribution in [2.75, 3.05) is 20.7 Å². The summed E-state index contributed by atoms with van der Waals surface area (Å²) in [6.07, 6.45) is -3.37. The van der Waals surface area contributed by atoms with Gasteiger partial charge in [0.15, 0.2) is 5.69 Å². The first-order chi connectivity index (χ1) is 11.2. The number of hydrogen-bond donors (Lipinski definition) is 1. The van der Waals surface area contributed by atoms with Crippen LogP contribution in [0.1, 0.15) is 27.2 Å². The number of carbonyl (C=O) groups excluding carboxylic acids is 1. The zero-order valence-electron chi connectivity index (χ0n) is 13.3. The predicted octanol–water partition coefficient (Wildman–Crippen LogP) is 2.19. The SMILES string of the molecule is CN(C)C(=O)c1ccc(Cn2cc(CCO)c(C(F)(F)F)n2)cc1. The number of hydrogen-bond acceptors (Lipinski definition) is 3. The summed E-state index contributed by atoms with van der Waals surface area (Å²) in [4.78, 5) is 13.2. The summed E-state index contributed by atoms with van der Waals surface area (Å²) in [5, 5.41) is 12.5. The minimum Gasteiger partial charge on any atom is -0.396 e. The van der Waals surface area contributed by atoms with Crippen LogP contribution in [0.3, 0.4) is 0 Å². The lowest BCUT2D eigenvalue weighted by Crippen LogP contribution is -2.21. The van der Waals surface area contributed by atoms with E-state index in [1.165, 1.54) is 15.8 Å². The minimum atomic E-state index is -4.56. The molecule has 0 atom stereocenters. The smallest absolute Gasteiger partial charge is 0.396 e. The molecule has 0 aliphatic rings. The first kappa shape index (κ1) is 18.0. The van der Waals surface area contributed by atoms with Gasteiger partial charge in [-0.3, -0.25) is 9.48 Å². The second-order valence-corrected chi connectivity index (χ2v) is 5.57. The van der Waals surface area contributed by atoms with Crippen molar-refractivity contribution in [2.45, 2.75) is 19.1 Å². The first-order valence-electron chi connectivity index (χ1n) is 7.27. The molecule has 1 N–H and O–H groups in total. The van der Waals surface area contributed by atoms with Gasteiger partial charge < -0.3 is 10.0 Å². The Kier molecular flexibility index (Phi) is 5.28. The van der Waals surface area contributed by atoms with Crippen LogP contribution in [0.4, 0.5) is 13.2 Å². The number of carbonyl (C=O) groups is 1. The molecule has 1 aromatic heterocycles. The van der Waals surface area contributed by atoms with Gasteiger partial charge in [0.1, 0.15) is 0 Å². The van der Waals surface area contributed by atoms with Gasteiger partial charge in [-0.15, -0.1) is 0 Å². The molecule has 0 saturated carbocycles. The highest BCUT2D eigenvalue weighted by Gasteiger charge is 2.36. The molecule has 1 aromatic carbocycles. The van der Waals surface area contributed by atoms with Crippen LogP contribution in [0.2, 0.25) is 0 Å². The lowest BCUT2D eigenvalue weighted by atomic mass is 10.1. The molecule has 1 amide bonds. The van der Waals surface area contributed by atoms with Gasteiger partial charge in [0.05, 0.1) is 6.54 Å². The maximum Gasteiger partial charge on any atom is 0.435 e. The van der Waals surface area contributed by atoms with Gasteiger partial charge in [-0.2, -0.15) is 18.3 Å². The highest BCUT2D eigenvalue weighted by molar-refractivity contribution is 5.93. The van der Waals surface area contributed by atoms with Crippen molar-refractivity contribution in [1.82, 2.24) is 14.7 Å². The molecule has 0 aliphatic carbocycles. The van der Waals surface area contributed by atoms with Crippen LogP contribution in [0.25, 0.3) is 0 Å². The Bertz CT molecular complexity index is 706. The van der Waals surface area contributed by atoms with E-state index < -0.39 is 11.9 Å². The van der Waals surface area contributed by atoms with Gasteiger partial charge in [-0.1, -0.05) is 12.1 Å². The van der Waals surface area contributed by atoms with Crippen molar-refractivity contribution >= 4 is 5.91 Å². The van der Waals surface area contributed by atoms with E-state index in [2.05, 4.69) is 5.10 Å². The van der Waals surface area contributed by atoms with E-state index >= 15 is 0 Å². The lowest BCUT2D eigenvalue weighted by molar-refractivity contribution is -0.142. The quantitative estimate of drug-likeness (QED) is 0.907. The number of benzene rings is 1. The van der Waals surface area contributed by atoms with Crippen molar-refractivity contribution in [2.24, 2.45) is 0 Å². The molecule has 0 radical (unpaired) electrons. The maximum atomic E-state index is 12.9. The minimum absolute atomic E-state index is 0.0376. The van der Waals surface area contributed by atoms with Gasteiger partial charge in [-0.05, 0) is 24.1 Å². The van der Waals surface area contributed by atoms with E-state index in [4.69, 9.17) is 5.11 Å². The Morgan fingerprint density at radius 3 is 2.38 bits per heavy atom. The molecule has 0 saturated heterocycles. The fourth-order valence-electron chi connectivity index (χ4n) is 2.28. The lowest BCUT2D eigenvalue weighted by Gasteiger charge is -2.10. The van der Waals surface area contributed by atoms with Gasteiger partial charge in [0.2, 0.25) is 0 Å². The molecule has 24 heavy (non-hydrogen) atoms. The van der Waals surface area contributed by atoms with E-state index in [0.717, 1.165) is 5.56 Å². The van der Waals surface area contributed by atoms with Gasteiger partial charge in [0.25, 0.3) is 5.91 Å². The number of aliphatic hydroxyl groups excluding tert-OH is 1. The summed E-state index contributed by atoms with van der Waals surface area (Å²) in [6, 6.07) is 6.61. The van der Waals surface area contributed by atoms with E-state index in [-0.39, 0.29) is 31.0 Å². The topological polar surface area (TPSA) is 58.4 Å². The van der Waals surface area contributed by atoms with Crippen molar-refractivity contribution in [3.8, 4) is 0 Å². The fraction of sp³-hybridized carbons (Fsp3) is 0.375. The normalized spacial score (nSPS) is 11.6. The first-order valence-corrected chi connectivity index (χ1v) is 7.27. The van der Waals surface area contributed by atoms with Crippen LogP contribution >= 0.6 is 0 Å². The summed E-state index contributed by atoms with van der Waals surface area (Å²) in [7, 11) is 3.28. The van der Waals surface area contributed by atoms with Gasteiger partial charge in [0, 0.05) is 38.0 Å². The number of rotatable bonds is 5. The fourth-order valence-corrected chi connectivity index (χ4v) is 2.28. The molecule has 5 nitrogen and oxygen atoms in total. The van der Waals surface area contributed by atoms with Crippen molar-refractivity contribution in [3.63, 3.8) is 0 Å².